The standard InChI is InChI=1S/C18H20Cl2O/c1-4-18(2,3)14-7-5-12(6-8-14)17(21)13-9-15(19)11-16(20)10-13/h5-11,17,21H,4H2,1-3H3. The van der Waals surface area contributed by atoms with E-state index in [1.54, 1.807) is 18.2 Å². The summed E-state index contributed by atoms with van der Waals surface area (Å²) < 4.78 is 0. The number of halogens is 2. The number of aliphatic hydroxyl groups excluding tert-OH is 1. The van der Waals surface area contributed by atoms with Crippen LogP contribution in [0.2, 0.25) is 10.0 Å². The lowest BCUT2D eigenvalue weighted by Crippen LogP contribution is -2.15. The van der Waals surface area contributed by atoms with E-state index in [0.29, 0.717) is 15.6 Å². The highest BCUT2D eigenvalue weighted by Gasteiger charge is 2.19. The Morgan fingerprint density at radius 2 is 1.48 bits per heavy atom. The molecule has 1 unspecified atom stereocenters. The zero-order chi connectivity index (χ0) is 15.6. The molecule has 0 aliphatic carbocycles. The Kier molecular flexibility index (Phi) is 4.98. The Hall–Kier alpha value is -1.02. The van der Waals surface area contributed by atoms with Crippen molar-refractivity contribution in [3.8, 4) is 0 Å². The first-order valence-electron chi connectivity index (χ1n) is 7.08. The first-order valence-corrected chi connectivity index (χ1v) is 7.83. The summed E-state index contributed by atoms with van der Waals surface area (Å²) in [5.74, 6) is 0. The molecule has 2 aromatic carbocycles. The number of hydrogen-bond donors (Lipinski definition) is 1. The summed E-state index contributed by atoms with van der Waals surface area (Å²) >= 11 is 12.0. The third kappa shape index (κ3) is 3.79. The van der Waals surface area contributed by atoms with Gasteiger partial charge in [0.2, 0.25) is 0 Å². The summed E-state index contributed by atoms with van der Waals surface area (Å²) in [5, 5.41) is 11.5. The minimum Gasteiger partial charge on any atom is -0.384 e. The molecule has 0 fully saturated rings. The van der Waals surface area contributed by atoms with Crippen molar-refractivity contribution in [1.29, 1.82) is 0 Å². The average Bonchev–Trinajstić information content (AvgIpc) is 2.45. The fraction of sp³-hybridized carbons (Fsp3) is 0.333. The van der Waals surface area contributed by atoms with Crippen LogP contribution in [0.25, 0.3) is 0 Å². The smallest absolute Gasteiger partial charge is 0.104 e. The van der Waals surface area contributed by atoms with E-state index in [1.165, 1.54) is 5.56 Å². The molecule has 0 spiro atoms. The van der Waals surface area contributed by atoms with Crippen LogP contribution in [0.4, 0.5) is 0 Å². The Morgan fingerprint density at radius 3 is 1.95 bits per heavy atom. The summed E-state index contributed by atoms with van der Waals surface area (Å²) in [7, 11) is 0. The zero-order valence-corrected chi connectivity index (χ0v) is 14.0. The molecular formula is C18H20Cl2O. The van der Waals surface area contributed by atoms with Crippen LogP contribution in [-0.2, 0) is 5.41 Å². The molecule has 2 rings (SSSR count). The molecule has 0 aliphatic rings. The minimum absolute atomic E-state index is 0.142. The Bertz CT molecular complexity index is 597. The third-order valence-electron chi connectivity index (χ3n) is 4.09. The van der Waals surface area contributed by atoms with Crippen molar-refractivity contribution >= 4 is 23.2 Å². The maximum absolute atomic E-state index is 10.5. The number of benzene rings is 2. The molecular weight excluding hydrogens is 303 g/mol. The van der Waals surface area contributed by atoms with Gasteiger partial charge in [0.1, 0.15) is 6.10 Å². The molecule has 3 heteroatoms. The van der Waals surface area contributed by atoms with Gasteiger partial charge in [0.15, 0.2) is 0 Å². The maximum atomic E-state index is 10.5. The Morgan fingerprint density at radius 1 is 0.952 bits per heavy atom. The van der Waals surface area contributed by atoms with E-state index in [0.717, 1.165) is 12.0 Å². The van der Waals surface area contributed by atoms with Crippen LogP contribution in [0.1, 0.15) is 50.0 Å². The molecule has 2 aromatic rings. The van der Waals surface area contributed by atoms with E-state index >= 15 is 0 Å². The first kappa shape index (κ1) is 16.4. The van der Waals surface area contributed by atoms with Crippen LogP contribution in [-0.4, -0.2) is 5.11 Å². The van der Waals surface area contributed by atoms with Crippen molar-refractivity contribution in [1.82, 2.24) is 0 Å². The van der Waals surface area contributed by atoms with Crippen LogP contribution >= 0.6 is 23.2 Å². The first-order chi connectivity index (χ1) is 9.83. The van der Waals surface area contributed by atoms with Crippen molar-refractivity contribution < 1.29 is 5.11 Å². The molecule has 0 amide bonds. The Balaban J connectivity index is 2.30. The van der Waals surface area contributed by atoms with Crippen LogP contribution in [0.3, 0.4) is 0 Å². The van der Waals surface area contributed by atoms with Crippen LogP contribution < -0.4 is 0 Å². The van der Waals surface area contributed by atoms with E-state index in [2.05, 4.69) is 32.9 Å². The van der Waals surface area contributed by atoms with Gasteiger partial charge in [-0.3, -0.25) is 0 Å². The maximum Gasteiger partial charge on any atom is 0.104 e. The topological polar surface area (TPSA) is 20.2 Å². The van der Waals surface area contributed by atoms with Gasteiger partial charge in [0.05, 0.1) is 0 Å². The summed E-state index contributed by atoms with van der Waals surface area (Å²) in [6.45, 7) is 6.61. The second-order valence-electron chi connectivity index (χ2n) is 5.96. The van der Waals surface area contributed by atoms with E-state index in [4.69, 9.17) is 23.2 Å². The van der Waals surface area contributed by atoms with E-state index in [-0.39, 0.29) is 5.41 Å². The van der Waals surface area contributed by atoms with Gasteiger partial charge >= 0.3 is 0 Å². The SMILES string of the molecule is CCC(C)(C)c1ccc(C(O)c2cc(Cl)cc(Cl)c2)cc1. The molecule has 0 bridgehead atoms. The molecule has 1 nitrogen and oxygen atoms in total. The van der Waals surface area contributed by atoms with E-state index in [1.807, 2.05) is 12.1 Å². The number of hydrogen-bond acceptors (Lipinski definition) is 1. The molecule has 0 aliphatic heterocycles. The van der Waals surface area contributed by atoms with Crippen LogP contribution in [0.15, 0.2) is 42.5 Å². The molecule has 0 aromatic heterocycles. The largest absolute Gasteiger partial charge is 0.384 e. The lowest BCUT2D eigenvalue weighted by molar-refractivity contribution is 0.220. The van der Waals surface area contributed by atoms with Gasteiger partial charge in [-0.25, -0.2) is 0 Å². The fourth-order valence-corrected chi connectivity index (χ4v) is 2.79. The third-order valence-corrected chi connectivity index (χ3v) is 4.53. The van der Waals surface area contributed by atoms with Gasteiger partial charge in [-0.2, -0.15) is 0 Å². The number of aliphatic hydroxyl groups is 1. The second-order valence-corrected chi connectivity index (χ2v) is 6.84. The second kappa shape index (κ2) is 6.39. The monoisotopic (exact) mass is 322 g/mol. The fourth-order valence-electron chi connectivity index (χ4n) is 2.25. The van der Waals surface area contributed by atoms with Gasteiger partial charge < -0.3 is 5.11 Å². The summed E-state index contributed by atoms with van der Waals surface area (Å²) in [6.07, 6.45) is 0.346. The highest BCUT2D eigenvalue weighted by Crippen LogP contribution is 2.31. The lowest BCUT2D eigenvalue weighted by atomic mass is 9.82. The predicted octanol–water partition coefficient (Wildman–Crippen LogP) is 5.76. The van der Waals surface area contributed by atoms with Gasteiger partial charge in [-0.15, -0.1) is 0 Å². The van der Waals surface area contributed by atoms with Crippen molar-refractivity contribution in [2.24, 2.45) is 0 Å². The summed E-state index contributed by atoms with van der Waals surface area (Å²) in [5.41, 5.74) is 2.95. The summed E-state index contributed by atoms with van der Waals surface area (Å²) in [6, 6.07) is 13.2. The number of rotatable bonds is 4. The van der Waals surface area contributed by atoms with Crippen LogP contribution in [0.5, 0.6) is 0 Å². The highest BCUT2D eigenvalue weighted by molar-refractivity contribution is 6.34. The van der Waals surface area contributed by atoms with Crippen molar-refractivity contribution in [3.63, 3.8) is 0 Å². The molecule has 1 N–H and O–H groups in total. The molecule has 0 heterocycles. The van der Waals surface area contributed by atoms with Crippen LogP contribution in [0, 0.1) is 0 Å². The summed E-state index contributed by atoms with van der Waals surface area (Å²) in [4.78, 5) is 0. The van der Waals surface area contributed by atoms with Crippen molar-refractivity contribution in [2.45, 2.75) is 38.7 Å². The zero-order valence-electron chi connectivity index (χ0n) is 12.5. The highest BCUT2D eigenvalue weighted by atomic mass is 35.5. The van der Waals surface area contributed by atoms with Gasteiger partial charge in [0.25, 0.3) is 0 Å². The predicted molar refractivity (Wildman–Crippen MR) is 90.3 cm³/mol. The van der Waals surface area contributed by atoms with Gasteiger partial charge in [0, 0.05) is 10.0 Å². The lowest BCUT2D eigenvalue weighted by Gasteiger charge is -2.24. The average molecular weight is 323 g/mol. The quantitative estimate of drug-likeness (QED) is 0.758. The van der Waals surface area contributed by atoms with Gasteiger partial charge in [-0.05, 0) is 46.7 Å². The van der Waals surface area contributed by atoms with Gasteiger partial charge in [-0.1, -0.05) is 68.2 Å². The van der Waals surface area contributed by atoms with Crippen molar-refractivity contribution in [3.05, 3.63) is 69.2 Å². The molecule has 0 radical (unpaired) electrons. The molecule has 0 saturated heterocycles. The molecule has 112 valence electrons. The molecule has 21 heavy (non-hydrogen) atoms. The van der Waals surface area contributed by atoms with Crippen molar-refractivity contribution in [2.75, 3.05) is 0 Å². The minimum atomic E-state index is -0.722. The van der Waals surface area contributed by atoms with E-state index < -0.39 is 6.10 Å². The molecule has 0 saturated carbocycles. The normalized spacial score (nSPS) is 13.2. The molecule has 1 atom stereocenters. The Labute approximate surface area is 136 Å². The van der Waals surface area contributed by atoms with E-state index in [9.17, 15) is 5.11 Å².